The second kappa shape index (κ2) is 7.99. The highest BCUT2D eigenvalue weighted by Crippen LogP contribution is 2.32. The molecule has 0 unspecified atom stereocenters. The van der Waals surface area contributed by atoms with Gasteiger partial charge < -0.3 is 10.1 Å². The molecule has 0 radical (unpaired) electrons. The SMILES string of the molecule is Fc1cccc(F)c1-c1ccc2[nH]nc(-c3cncc(O[C@H]4CNCC[C@@H]4F)n3)c2c1. The fourth-order valence-corrected chi connectivity index (χ4v) is 3.73. The van der Waals surface area contributed by atoms with Gasteiger partial charge in [-0.3, -0.25) is 10.1 Å². The average molecular weight is 425 g/mol. The zero-order valence-corrected chi connectivity index (χ0v) is 16.3. The van der Waals surface area contributed by atoms with Crippen LogP contribution in [0.15, 0.2) is 48.8 Å². The summed E-state index contributed by atoms with van der Waals surface area (Å²) in [6.07, 6.45) is 1.56. The van der Waals surface area contributed by atoms with Gasteiger partial charge in [-0.05, 0) is 42.8 Å². The van der Waals surface area contributed by atoms with E-state index >= 15 is 0 Å². The van der Waals surface area contributed by atoms with E-state index in [1.54, 1.807) is 18.2 Å². The van der Waals surface area contributed by atoms with Crippen LogP contribution < -0.4 is 10.1 Å². The van der Waals surface area contributed by atoms with Crippen molar-refractivity contribution in [1.29, 1.82) is 0 Å². The number of benzene rings is 2. The molecule has 158 valence electrons. The molecule has 2 N–H and O–H groups in total. The lowest BCUT2D eigenvalue weighted by atomic mass is 10.0. The molecule has 1 aliphatic heterocycles. The number of ether oxygens (including phenoxy) is 1. The molecule has 2 atom stereocenters. The Morgan fingerprint density at radius 3 is 2.71 bits per heavy atom. The number of fused-ring (bicyclic) bond motifs is 1. The largest absolute Gasteiger partial charge is 0.469 e. The maximum Gasteiger partial charge on any atom is 0.233 e. The third-order valence-corrected chi connectivity index (χ3v) is 5.29. The highest BCUT2D eigenvalue weighted by Gasteiger charge is 2.27. The van der Waals surface area contributed by atoms with Gasteiger partial charge in [0.25, 0.3) is 0 Å². The first kappa shape index (κ1) is 19.5. The second-order valence-electron chi connectivity index (χ2n) is 7.34. The Bertz CT molecular complexity index is 1220. The van der Waals surface area contributed by atoms with Crippen molar-refractivity contribution in [2.75, 3.05) is 13.1 Å². The predicted molar refractivity (Wildman–Crippen MR) is 109 cm³/mol. The predicted octanol–water partition coefficient (Wildman–Crippen LogP) is 4.04. The molecular formula is C22H18F3N5O. The maximum absolute atomic E-state index is 14.3. The summed E-state index contributed by atoms with van der Waals surface area (Å²) in [6.45, 7) is 0.993. The molecule has 9 heteroatoms. The van der Waals surface area contributed by atoms with Gasteiger partial charge in [0, 0.05) is 11.9 Å². The average Bonchev–Trinajstić information content (AvgIpc) is 3.19. The quantitative estimate of drug-likeness (QED) is 0.516. The van der Waals surface area contributed by atoms with Crippen LogP contribution in [0.5, 0.6) is 5.88 Å². The first-order chi connectivity index (χ1) is 15.1. The van der Waals surface area contributed by atoms with Crippen molar-refractivity contribution in [3.8, 4) is 28.4 Å². The van der Waals surface area contributed by atoms with Crippen molar-refractivity contribution in [3.63, 3.8) is 0 Å². The lowest BCUT2D eigenvalue weighted by Crippen LogP contribution is -2.45. The second-order valence-corrected chi connectivity index (χ2v) is 7.34. The Hall–Kier alpha value is -3.46. The summed E-state index contributed by atoms with van der Waals surface area (Å²) in [5.74, 6) is -1.12. The van der Waals surface area contributed by atoms with E-state index in [2.05, 4.69) is 25.5 Å². The zero-order valence-electron chi connectivity index (χ0n) is 16.3. The monoisotopic (exact) mass is 425 g/mol. The number of piperidine rings is 1. The molecular weight excluding hydrogens is 407 g/mol. The normalized spacial score (nSPS) is 18.9. The van der Waals surface area contributed by atoms with Crippen molar-refractivity contribution < 1.29 is 17.9 Å². The Kier molecular flexibility index (Phi) is 5.03. The molecule has 3 heterocycles. The minimum atomic E-state index is -1.09. The standard InChI is InChI=1S/C22H18F3N5O/c23-14-6-7-26-10-19(14)31-20-11-27-9-18(28-20)22-13-8-12(4-5-17(13)29-30-22)21-15(24)2-1-3-16(21)25/h1-5,8-9,11,14,19,26H,6-7,10H2,(H,29,30)/t14-,19-/m0/s1. The van der Waals surface area contributed by atoms with Gasteiger partial charge in [0.1, 0.15) is 35.3 Å². The Labute approximate surface area is 175 Å². The molecule has 1 saturated heterocycles. The highest BCUT2D eigenvalue weighted by molar-refractivity contribution is 5.94. The van der Waals surface area contributed by atoms with Gasteiger partial charge in [-0.15, -0.1) is 0 Å². The van der Waals surface area contributed by atoms with Gasteiger partial charge in [-0.1, -0.05) is 12.1 Å². The molecule has 4 aromatic rings. The minimum absolute atomic E-state index is 0.112. The number of alkyl halides is 1. The molecule has 0 saturated carbocycles. The first-order valence-electron chi connectivity index (χ1n) is 9.86. The van der Waals surface area contributed by atoms with E-state index in [4.69, 9.17) is 4.74 Å². The van der Waals surface area contributed by atoms with E-state index in [0.29, 0.717) is 47.4 Å². The van der Waals surface area contributed by atoms with Crippen molar-refractivity contribution in [2.24, 2.45) is 0 Å². The summed E-state index contributed by atoms with van der Waals surface area (Å²) in [4.78, 5) is 8.56. The van der Waals surface area contributed by atoms with Crippen molar-refractivity contribution in [2.45, 2.75) is 18.7 Å². The van der Waals surface area contributed by atoms with Gasteiger partial charge >= 0.3 is 0 Å². The van der Waals surface area contributed by atoms with E-state index in [1.165, 1.54) is 30.6 Å². The summed E-state index contributed by atoms with van der Waals surface area (Å²) >= 11 is 0. The molecule has 1 aliphatic rings. The zero-order chi connectivity index (χ0) is 21.4. The molecule has 0 aliphatic carbocycles. The molecule has 31 heavy (non-hydrogen) atoms. The minimum Gasteiger partial charge on any atom is -0.469 e. The molecule has 2 aromatic heterocycles. The topological polar surface area (TPSA) is 75.7 Å². The summed E-state index contributed by atoms with van der Waals surface area (Å²) < 4.78 is 48.3. The van der Waals surface area contributed by atoms with E-state index in [0.717, 1.165) is 0 Å². The van der Waals surface area contributed by atoms with Gasteiger partial charge in [-0.2, -0.15) is 5.10 Å². The van der Waals surface area contributed by atoms with Gasteiger partial charge in [-0.25, -0.2) is 18.2 Å². The van der Waals surface area contributed by atoms with E-state index < -0.39 is 23.9 Å². The van der Waals surface area contributed by atoms with Crippen LogP contribution in [0.4, 0.5) is 13.2 Å². The van der Waals surface area contributed by atoms with Crippen LogP contribution in [0, 0.1) is 11.6 Å². The van der Waals surface area contributed by atoms with Crippen LogP contribution in [-0.4, -0.2) is 45.5 Å². The molecule has 0 bridgehead atoms. The molecule has 5 rings (SSSR count). The summed E-state index contributed by atoms with van der Waals surface area (Å²) in [5, 5.41) is 10.9. The fraction of sp³-hybridized carbons (Fsp3) is 0.227. The van der Waals surface area contributed by atoms with Crippen LogP contribution >= 0.6 is 0 Å². The number of aromatic nitrogens is 4. The Balaban J connectivity index is 1.52. The number of hydrogen-bond donors (Lipinski definition) is 2. The van der Waals surface area contributed by atoms with Crippen molar-refractivity contribution >= 4 is 10.9 Å². The van der Waals surface area contributed by atoms with Gasteiger partial charge in [0.15, 0.2) is 0 Å². The lowest BCUT2D eigenvalue weighted by molar-refractivity contribution is 0.0705. The van der Waals surface area contributed by atoms with Gasteiger partial charge in [0.05, 0.1) is 23.5 Å². The smallest absolute Gasteiger partial charge is 0.233 e. The highest BCUT2D eigenvalue weighted by atomic mass is 19.1. The third-order valence-electron chi connectivity index (χ3n) is 5.29. The summed E-state index contributed by atoms with van der Waals surface area (Å²) in [5.41, 5.74) is 1.78. The van der Waals surface area contributed by atoms with Crippen LogP contribution in [0.2, 0.25) is 0 Å². The van der Waals surface area contributed by atoms with Crippen molar-refractivity contribution in [3.05, 3.63) is 60.4 Å². The molecule has 6 nitrogen and oxygen atoms in total. The molecule has 2 aromatic carbocycles. The summed E-state index contributed by atoms with van der Waals surface area (Å²) in [7, 11) is 0. The number of hydrogen-bond acceptors (Lipinski definition) is 5. The van der Waals surface area contributed by atoms with E-state index in [9.17, 15) is 13.2 Å². The van der Waals surface area contributed by atoms with E-state index in [-0.39, 0.29) is 11.4 Å². The number of halogens is 3. The van der Waals surface area contributed by atoms with E-state index in [1.807, 2.05) is 0 Å². The Morgan fingerprint density at radius 2 is 1.90 bits per heavy atom. The Morgan fingerprint density at radius 1 is 1.06 bits per heavy atom. The molecule has 0 spiro atoms. The van der Waals surface area contributed by atoms with Crippen LogP contribution in [0.3, 0.4) is 0 Å². The van der Waals surface area contributed by atoms with Crippen LogP contribution in [0.25, 0.3) is 33.4 Å². The number of nitrogens with one attached hydrogen (secondary N) is 2. The first-order valence-corrected chi connectivity index (χ1v) is 9.86. The number of nitrogens with zero attached hydrogens (tertiary/aromatic N) is 3. The van der Waals surface area contributed by atoms with Gasteiger partial charge in [0.2, 0.25) is 5.88 Å². The fourth-order valence-electron chi connectivity index (χ4n) is 3.73. The molecule has 0 amide bonds. The van der Waals surface area contributed by atoms with Crippen molar-refractivity contribution in [1.82, 2.24) is 25.5 Å². The third kappa shape index (κ3) is 3.72. The van der Waals surface area contributed by atoms with Crippen LogP contribution in [-0.2, 0) is 0 Å². The lowest BCUT2D eigenvalue weighted by Gasteiger charge is -2.26. The molecule has 1 fully saturated rings. The summed E-state index contributed by atoms with van der Waals surface area (Å²) in [6, 6.07) is 8.71. The number of rotatable bonds is 4. The number of H-pyrrole nitrogens is 1. The van der Waals surface area contributed by atoms with Crippen LogP contribution in [0.1, 0.15) is 6.42 Å². The number of aromatic amines is 1. The maximum atomic E-state index is 14.3.